The third kappa shape index (κ3) is 9.12. The maximum absolute atomic E-state index is 13.7. The highest BCUT2D eigenvalue weighted by atomic mass is 79.9. The monoisotopic (exact) mass is 667 g/mol. The van der Waals surface area contributed by atoms with Crippen LogP contribution in [0.2, 0.25) is 0 Å². The zero-order chi connectivity index (χ0) is 31.6. The third-order valence-electron chi connectivity index (χ3n) is 8.02. The molecule has 2 amide bonds. The normalized spacial score (nSPS) is 12.9. The van der Waals surface area contributed by atoms with E-state index < -0.39 is 5.97 Å². The fourth-order valence-electron chi connectivity index (χ4n) is 5.60. The molecule has 0 saturated carbocycles. The summed E-state index contributed by atoms with van der Waals surface area (Å²) in [6.45, 7) is 4.50. The van der Waals surface area contributed by atoms with E-state index in [9.17, 15) is 14.4 Å². The van der Waals surface area contributed by atoms with E-state index in [1.165, 1.54) is 20.0 Å². The van der Waals surface area contributed by atoms with Crippen LogP contribution < -0.4 is 5.32 Å². The Morgan fingerprint density at radius 3 is 2.18 bits per heavy atom. The van der Waals surface area contributed by atoms with Crippen molar-refractivity contribution < 1.29 is 19.1 Å². The van der Waals surface area contributed by atoms with Crippen LogP contribution in [-0.4, -0.2) is 60.9 Å². The van der Waals surface area contributed by atoms with Gasteiger partial charge in [-0.15, -0.1) is 0 Å². The number of likely N-dealkylation sites (tertiary alicyclic amines) is 1. The van der Waals surface area contributed by atoms with Crippen molar-refractivity contribution in [1.82, 2.24) is 15.1 Å². The quantitative estimate of drug-likeness (QED) is 0.175. The van der Waals surface area contributed by atoms with E-state index in [0.29, 0.717) is 30.8 Å². The molecule has 0 spiro atoms. The van der Waals surface area contributed by atoms with Gasteiger partial charge in [-0.1, -0.05) is 70.5 Å². The van der Waals surface area contributed by atoms with Crippen molar-refractivity contribution in [2.45, 2.75) is 32.4 Å². The van der Waals surface area contributed by atoms with Gasteiger partial charge in [-0.2, -0.15) is 0 Å². The van der Waals surface area contributed by atoms with E-state index in [1.807, 2.05) is 83.8 Å². The van der Waals surface area contributed by atoms with Gasteiger partial charge < -0.3 is 19.9 Å². The van der Waals surface area contributed by atoms with Crippen LogP contribution in [0.25, 0.3) is 11.1 Å². The number of ether oxygens (including phenoxy) is 1. The van der Waals surface area contributed by atoms with E-state index in [2.05, 4.69) is 32.2 Å². The molecule has 5 rings (SSSR count). The van der Waals surface area contributed by atoms with Gasteiger partial charge in [-0.25, -0.2) is 4.79 Å². The Balaban J connectivity index is 1.32. The molecule has 0 aliphatic carbocycles. The Labute approximate surface area is 273 Å². The van der Waals surface area contributed by atoms with Crippen LogP contribution >= 0.6 is 15.9 Å². The van der Waals surface area contributed by atoms with E-state index in [0.717, 1.165) is 51.9 Å². The second kappa shape index (κ2) is 15.6. The lowest BCUT2D eigenvalue weighted by Gasteiger charge is -2.24. The maximum Gasteiger partial charge on any atom is 0.337 e. The van der Waals surface area contributed by atoms with Crippen molar-refractivity contribution in [3.8, 4) is 11.1 Å². The summed E-state index contributed by atoms with van der Waals surface area (Å²) in [6, 6.07) is 30.7. The summed E-state index contributed by atoms with van der Waals surface area (Å²) < 4.78 is 5.75. The summed E-state index contributed by atoms with van der Waals surface area (Å²) in [5.74, 6) is -0.484. The van der Waals surface area contributed by atoms with Gasteiger partial charge in [0.25, 0.3) is 5.91 Å². The Kier molecular flexibility index (Phi) is 11.2. The van der Waals surface area contributed by atoms with Gasteiger partial charge in [0.05, 0.1) is 19.1 Å². The SMILES string of the molecule is COC(=O)c1ccc(CN(Cc2cccc(-c3cccc(C(=O)NCCN4CCCC4)c3)c2)C(=O)Cc2cccc(Br)c2)cc1. The number of rotatable bonds is 12. The zero-order valence-corrected chi connectivity index (χ0v) is 27.1. The molecule has 1 aliphatic rings. The van der Waals surface area contributed by atoms with Crippen molar-refractivity contribution in [2.75, 3.05) is 33.3 Å². The Morgan fingerprint density at radius 2 is 1.44 bits per heavy atom. The second-order valence-corrected chi connectivity index (χ2v) is 12.2. The van der Waals surface area contributed by atoms with Gasteiger partial charge in [0, 0.05) is 36.2 Å². The van der Waals surface area contributed by atoms with Gasteiger partial charge in [0.15, 0.2) is 0 Å². The lowest BCUT2D eigenvalue weighted by molar-refractivity contribution is -0.131. The predicted octanol–water partition coefficient (Wildman–Crippen LogP) is 6.50. The fourth-order valence-corrected chi connectivity index (χ4v) is 6.04. The van der Waals surface area contributed by atoms with Gasteiger partial charge in [0.1, 0.15) is 0 Å². The van der Waals surface area contributed by atoms with Crippen LogP contribution in [0.1, 0.15) is 50.2 Å². The summed E-state index contributed by atoms with van der Waals surface area (Å²) in [5.41, 5.74) is 5.80. The number of esters is 1. The summed E-state index contributed by atoms with van der Waals surface area (Å²) in [5, 5.41) is 3.06. The van der Waals surface area contributed by atoms with Crippen LogP contribution in [0.15, 0.2) is 102 Å². The number of nitrogens with zero attached hydrogens (tertiary/aromatic N) is 2. The first kappa shape index (κ1) is 32.1. The molecule has 1 aliphatic heterocycles. The van der Waals surface area contributed by atoms with Gasteiger partial charge in [0.2, 0.25) is 5.91 Å². The molecule has 0 unspecified atom stereocenters. The average molecular weight is 669 g/mol. The van der Waals surface area contributed by atoms with Crippen LogP contribution in [-0.2, 0) is 29.0 Å². The van der Waals surface area contributed by atoms with Crippen molar-refractivity contribution in [1.29, 1.82) is 0 Å². The van der Waals surface area contributed by atoms with Crippen LogP contribution in [0, 0.1) is 0 Å². The largest absolute Gasteiger partial charge is 0.465 e. The number of benzene rings is 4. The Hall–Kier alpha value is -4.27. The minimum Gasteiger partial charge on any atom is -0.465 e. The number of hydrogen-bond donors (Lipinski definition) is 1. The summed E-state index contributed by atoms with van der Waals surface area (Å²) >= 11 is 3.50. The predicted molar refractivity (Wildman–Crippen MR) is 180 cm³/mol. The number of halogens is 1. The molecule has 0 atom stereocenters. The highest BCUT2D eigenvalue weighted by molar-refractivity contribution is 9.10. The van der Waals surface area contributed by atoms with E-state index >= 15 is 0 Å². The Bertz CT molecular complexity index is 1630. The van der Waals surface area contributed by atoms with E-state index in [1.54, 1.807) is 12.1 Å². The second-order valence-electron chi connectivity index (χ2n) is 11.3. The first-order chi connectivity index (χ1) is 21.9. The number of amides is 2. The number of methoxy groups -OCH3 is 1. The van der Waals surface area contributed by atoms with Crippen molar-refractivity contribution in [3.63, 3.8) is 0 Å². The molecular weight excluding hydrogens is 630 g/mol. The minimum atomic E-state index is -0.399. The molecule has 1 heterocycles. The summed E-state index contributed by atoms with van der Waals surface area (Å²) in [4.78, 5) is 42.7. The molecule has 1 fully saturated rings. The van der Waals surface area contributed by atoms with E-state index in [4.69, 9.17) is 4.74 Å². The van der Waals surface area contributed by atoms with E-state index in [-0.39, 0.29) is 18.2 Å². The van der Waals surface area contributed by atoms with Gasteiger partial charge in [-0.3, -0.25) is 9.59 Å². The van der Waals surface area contributed by atoms with Crippen LogP contribution in [0.3, 0.4) is 0 Å². The van der Waals surface area contributed by atoms with Gasteiger partial charge >= 0.3 is 5.97 Å². The van der Waals surface area contributed by atoms with Crippen molar-refractivity contribution in [2.24, 2.45) is 0 Å². The molecule has 0 aromatic heterocycles. The molecule has 45 heavy (non-hydrogen) atoms. The highest BCUT2D eigenvalue weighted by Gasteiger charge is 2.17. The molecule has 4 aromatic rings. The third-order valence-corrected chi connectivity index (χ3v) is 8.51. The molecule has 4 aromatic carbocycles. The molecule has 1 N–H and O–H groups in total. The number of carbonyl (C=O) groups excluding carboxylic acids is 3. The number of carbonyl (C=O) groups is 3. The zero-order valence-electron chi connectivity index (χ0n) is 25.5. The molecule has 8 heteroatoms. The average Bonchev–Trinajstić information content (AvgIpc) is 3.58. The first-order valence-corrected chi connectivity index (χ1v) is 16.1. The minimum absolute atomic E-state index is 0.0110. The lowest BCUT2D eigenvalue weighted by Crippen LogP contribution is -2.33. The van der Waals surface area contributed by atoms with Crippen molar-refractivity contribution in [3.05, 3.63) is 129 Å². The first-order valence-electron chi connectivity index (χ1n) is 15.3. The standard InChI is InChI=1S/C37H38BrN3O4/c1-45-37(44)30-15-13-27(14-16-30)25-41(35(42)23-28-7-5-12-34(38)22-28)26-29-8-4-9-31(21-29)32-10-6-11-33(24-32)36(43)39-17-20-40-18-2-3-19-40/h4-16,21-22,24H,2-3,17-20,23,25-26H2,1H3,(H,39,43). The number of hydrogen-bond acceptors (Lipinski definition) is 5. The summed E-state index contributed by atoms with van der Waals surface area (Å²) in [7, 11) is 1.36. The molecular formula is C37H38BrN3O4. The van der Waals surface area contributed by atoms with Crippen LogP contribution in [0.5, 0.6) is 0 Å². The smallest absolute Gasteiger partial charge is 0.337 e. The molecule has 0 bridgehead atoms. The topological polar surface area (TPSA) is 79.0 Å². The molecule has 232 valence electrons. The lowest BCUT2D eigenvalue weighted by atomic mass is 10.0. The van der Waals surface area contributed by atoms with Gasteiger partial charge in [-0.05, 0) is 96.2 Å². The maximum atomic E-state index is 13.7. The number of nitrogens with one attached hydrogen (secondary N) is 1. The van der Waals surface area contributed by atoms with Crippen LogP contribution in [0.4, 0.5) is 0 Å². The Morgan fingerprint density at radius 1 is 0.778 bits per heavy atom. The molecule has 0 radical (unpaired) electrons. The summed E-state index contributed by atoms with van der Waals surface area (Å²) in [6.07, 6.45) is 2.72. The molecule has 1 saturated heterocycles. The highest BCUT2D eigenvalue weighted by Crippen LogP contribution is 2.24. The fraction of sp³-hybridized carbons (Fsp3) is 0.270. The molecule has 7 nitrogen and oxygen atoms in total. The van der Waals surface area contributed by atoms with Crippen molar-refractivity contribution >= 4 is 33.7 Å².